The average molecular weight is 399 g/mol. The standard InChI is InChI=1S/C20H21N3O4S/c1-13-8-9-16(17(24)11-13)21-20(25)14-5-4-10-23(12-14)19-15-6-2-3-7-18(15)28(26,27)22-19/h2-3,6-9,11,14,24H,4-5,10,12H2,1H3,(H,21,25)/t14-/m1/s1. The van der Waals surface area contributed by atoms with Crippen molar-refractivity contribution in [2.24, 2.45) is 10.3 Å². The molecular weight excluding hydrogens is 378 g/mol. The number of anilines is 1. The van der Waals surface area contributed by atoms with E-state index in [0.29, 0.717) is 36.6 Å². The molecule has 0 aliphatic carbocycles. The molecule has 4 rings (SSSR count). The number of piperidine rings is 1. The van der Waals surface area contributed by atoms with Crippen LogP contribution in [0.2, 0.25) is 0 Å². The molecule has 0 radical (unpaired) electrons. The highest BCUT2D eigenvalue weighted by Crippen LogP contribution is 2.30. The maximum absolute atomic E-state index is 12.7. The summed E-state index contributed by atoms with van der Waals surface area (Å²) in [6.45, 7) is 2.88. The van der Waals surface area contributed by atoms with Crippen molar-refractivity contribution in [1.29, 1.82) is 0 Å². The van der Waals surface area contributed by atoms with Crippen molar-refractivity contribution in [3.8, 4) is 5.75 Å². The molecule has 1 saturated heterocycles. The van der Waals surface area contributed by atoms with Crippen LogP contribution in [0, 0.1) is 12.8 Å². The van der Waals surface area contributed by atoms with Gasteiger partial charge in [-0.25, -0.2) is 0 Å². The number of likely N-dealkylation sites (tertiary alicyclic amines) is 1. The number of aromatic hydroxyl groups is 1. The van der Waals surface area contributed by atoms with Gasteiger partial charge in [0.05, 0.1) is 11.6 Å². The Balaban J connectivity index is 1.53. The van der Waals surface area contributed by atoms with Gasteiger partial charge in [0.1, 0.15) is 10.6 Å². The minimum Gasteiger partial charge on any atom is -0.506 e. The molecule has 2 N–H and O–H groups in total. The summed E-state index contributed by atoms with van der Waals surface area (Å²) in [5.74, 6) is -0.0845. The van der Waals surface area contributed by atoms with Crippen molar-refractivity contribution in [2.75, 3.05) is 18.4 Å². The number of amidine groups is 1. The van der Waals surface area contributed by atoms with Crippen molar-refractivity contribution < 1.29 is 18.3 Å². The molecule has 2 aliphatic rings. The van der Waals surface area contributed by atoms with E-state index in [0.717, 1.165) is 12.0 Å². The van der Waals surface area contributed by atoms with Crippen LogP contribution in [0.5, 0.6) is 5.75 Å². The van der Waals surface area contributed by atoms with Gasteiger partial charge in [-0.05, 0) is 49.6 Å². The van der Waals surface area contributed by atoms with Crippen molar-refractivity contribution in [2.45, 2.75) is 24.7 Å². The van der Waals surface area contributed by atoms with E-state index < -0.39 is 10.0 Å². The number of nitrogens with zero attached hydrogens (tertiary/aromatic N) is 2. The Morgan fingerprint density at radius 3 is 2.82 bits per heavy atom. The molecule has 1 amide bonds. The molecule has 1 fully saturated rings. The molecule has 0 bridgehead atoms. The van der Waals surface area contributed by atoms with Gasteiger partial charge in [-0.3, -0.25) is 4.79 Å². The van der Waals surface area contributed by atoms with Gasteiger partial charge in [-0.2, -0.15) is 8.42 Å². The molecule has 1 atom stereocenters. The highest BCUT2D eigenvalue weighted by Gasteiger charge is 2.35. The number of phenolic OH excluding ortho intramolecular Hbond substituents is 1. The number of rotatable bonds is 2. The number of hydrogen-bond donors (Lipinski definition) is 2. The first-order valence-electron chi connectivity index (χ1n) is 9.15. The number of carbonyl (C=O) groups excluding carboxylic acids is 1. The summed E-state index contributed by atoms with van der Waals surface area (Å²) in [5.41, 5.74) is 1.86. The van der Waals surface area contributed by atoms with Crippen molar-refractivity contribution >= 4 is 27.5 Å². The van der Waals surface area contributed by atoms with Crippen LogP contribution in [0.1, 0.15) is 24.0 Å². The lowest BCUT2D eigenvalue weighted by molar-refractivity contribution is -0.121. The lowest BCUT2D eigenvalue weighted by Gasteiger charge is -2.33. The fourth-order valence-corrected chi connectivity index (χ4v) is 4.91. The predicted octanol–water partition coefficient (Wildman–Crippen LogP) is 2.50. The molecule has 2 aromatic rings. The van der Waals surface area contributed by atoms with Gasteiger partial charge in [0, 0.05) is 18.7 Å². The van der Waals surface area contributed by atoms with Crippen LogP contribution in [0.15, 0.2) is 51.8 Å². The molecule has 0 saturated carbocycles. The molecule has 8 heteroatoms. The van der Waals surface area contributed by atoms with Gasteiger partial charge in [0.15, 0.2) is 5.84 Å². The number of sulfonamides is 1. The van der Waals surface area contributed by atoms with Gasteiger partial charge in [-0.1, -0.05) is 18.2 Å². The van der Waals surface area contributed by atoms with Crippen molar-refractivity contribution in [3.05, 3.63) is 53.6 Å². The van der Waals surface area contributed by atoms with E-state index in [2.05, 4.69) is 9.71 Å². The van der Waals surface area contributed by atoms with Gasteiger partial charge >= 0.3 is 0 Å². The Kier molecular flexibility index (Phi) is 4.58. The first-order chi connectivity index (χ1) is 13.3. The monoisotopic (exact) mass is 399 g/mol. The molecule has 2 heterocycles. The summed E-state index contributed by atoms with van der Waals surface area (Å²) in [6, 6.07) is 11.8. The minimum atomic E-state index is -3.69. The first kappa shape index (κ1) is 18.5. The molecule has 146 valence electrons. The number of fused-ring (bicyclic) bond motifs is 1. The largest absolute Gasteiger partial charge is 0.506 e. The smallest absolute Gasteiger partial charge is 0.285 e. The number of amides is 1. The van der Waals surface area contributed by atoms with E-state index in [-0.39, 0.29) is 22.5 Å². The van der Waals surface area contributed by atoms with Crippen molar-refractivity contribution in [1.82, 2.24) is 4.90 Å². The van der Waals surface area contributed by atoms with E-state index in [4.69, 9.17) is 0 Å². The predicted molar refractivity (Wildman–Crippen MR) is 106 cm³/mol. The number of hydrogen-bond acceptors (Lipinski definition) is 5. The molecule has 2 aromatic carbocycles. The van der Waals surface area contributed by atoms with Crippen molar-refractivity contribution in [3.63, 3.8) is 0 Å². The van der Waals surface area contributed by atoms with Crippen LogP contribution in [0.25, 0.3) is 0 Å². The van der Waals surface area contributed by atoms with Gasteiger partial charge < -0.3 is 15.3 Å². The zero-order chi connectivity index (χ0) is 19.9. The lowest BCUT2D eigenvalue weighted by atomic mass is 9.96. The van der Waals surface area contributed by atoms with Gasteiger partial charge in [0.2, 0.25) is 5.91 Å². The number of carbonyl (C=O) groups is 1. The normalized spacial score (nSPS) is 20.4. The molecule has 0 spiro atoms. The maximum Gasteiger partial charge on any atom is 0.285 e. The summed E-state index contributed by atoms with van der Waals surface area (Å²) in [5, 5.41) is 12.8. The molecule has 0 unspecified atom stereocenters. The molecular formula is C20H21N3O4S. The van der Waals surface area contributed by atoms with Crippen LogP contribution in [0.3, 0.4) is 0 Å². The second-order valence-electron chi connectivity index (χ2n) is 7.18. The summed E-state index contributed by atoms with van der Waals surface area (Å²) < 4.78 is 28.6. The van der Waals surface area contributed by atoms with Crippen LogP contribution < -0.4 is 5.32 Å². The second-order valence-corrected chi connectivity index (χ2v) is 8.75. The lowest BCUT2D eigenvalue weighted by Crippen LogP contribution is -2.43. The minimum absolute atomic E-state index is 0.0289. The zero-order valence-electron chi connectivity index (χ0n) is 15.4. The van der Waals surface area contributed by atoms with Crippen LogP contribution in [-0.2, 0) is 14.8 Å². The fourth-order valence-electron chi connectivity index (χ4n) is 3.68. The Bertz CT molecular complexity index is 1080. The summed E-state index contributed by atoms with van der Waals surface area (Å²) in [4.78, 5) is 14.8. The number of benzene rings is 2. The maximum atomic E-state index is 12.7. The van der Waals surface area contributed by atoms with Crippen LogP contribution >= 0.6 is 0 Å². The highest BCUT2D eigenvalue weighted by molar-refractivity contribution is 7.90. The molecule has 7 nitrogen and oxygen atoms in total. The Morgan fingerprint density at radius 2 is 2.04 bits per heavy atom. The van der Waals surface area contributed by atoms with E-state index in [9.17, 15) is 18.3 Å². The Labute approximate surface area is 163 Å². The summed E-state index contributed by atoms with van der Waals surface area (Å²) in [6.07, 6.45) is 1.44. The Morgan fingerprint density at radius 1 is 1.25 bits per heavy atom. The molecule has 0 aromatic heterocycles. The number of phenols is 1. The summed E-state index contributed by atoms with van der Waals surface area (Å²) >= 11 is 0. The first-order valence-corrected chi connectivity index (χ1v) is 10.6. The Hall–Kier alpha value is -2.87. The third kappa shape index (κ3) is 3.35. The number of nitrogens with one attached hydrogen (secondary N) is 1. The second kappa shape index (κ2) is 6.94. The third-order valence-electron chi connectivity index (χ3n) is 5.12. The fraction of sp³-hybridized carbons (Fsp3) is 0.300. The quantitative estimate of drug-likeness (QED) is 0.756. The third-order valence-corrected chi connectivity index (χ3v) is 6.44. The van der Waals surface area contributed by atoms with E-state index in [1.807, 2.05) is 17.9 Å². The topological polar surface area (TPSA) is 99.1 Å². The zero-order valence-corrected chi connectivity index (χ0v) is 16.2. The van der Waals surface area contributed by atoms with E-state index in [1.165, 1.54) is 0 Å². The van der Waals surface area contributed by atoms with E-state index in [1.54, 1.807) is 36.4 Å². The van der Waals surface area contributed by atoms with Gasteiger partial charge in [-0.15, -0.1) is 4.40 Å². The average Bonchev–Trinajstić information content (AvgIpc) is 2.96. The number of aryl methyl sites for hydroxylation is 1. The molecule has 2 aliphatic heterocycles. The van der Waals surface area contributed by atoms with Crippen LogP contribution in [-0.4, -0.2) is 43.3 Å². The van der Waals surface area contributed by atoms with Crippen LogP contribution in [0.4, 0.5) is 5.69 Å². The van der Waals surface area contributed by atoms with Gasteiger partial charge in [0.25, 0.3) is 10.0 Å². The molecule has 28 heavy (non-hydrogen) atoms. The SMILES string of the molecule is Cc1ccc(NC(=O)[C@@H]2CCCN(C3=NS(=O)(=O)c4ccccc43)C2)c(O)c1. The highest BCUT2D eigenvalue weighted by atomic mass is 32.2. The summed E-state index contributed by atoms with van der Waals surface area (Å²) in [7, 11) is -3.69. The van der Waals surface area contributed by atoms with E-state index >= 15 is 0 Å².